The molecule has 0 unspecified atom stereocenters. The van der Waals surface area contributed by atoms with Gasteiger partial charge >= 0.3 is 0 Å². The van der Waals surface area contributed by atoms with Crippen LogP contribution in [0.15, 0.2) is 18.2 Å². The highest BCUT2D eigenvalue weighted by Crippen LogP contribution is 2.22. The zero-order valence-corrected chi connectivity index (χ0v) is 7.94. The maximum absolute atomic E-state index is 10.6. The Morgan fingerprint density at radius 1 is 1.36 bits per heavy atom. The zero-order valence-electron chi connectivity index (χ0n) is 7.94. The number of aliphatic hydroxyl groups is 1. The second-order valence-electron chi connectivity index (χ2n) is 3.59. The third-order valence-corrected chi connectivity index (χ3v) is 2.57. The first-order valence-corrected chi connectivity index (χ1v) is 4.74. The van der Waals surface area contributed by atoms with Gasteiger partial charge in [0, 0.05) is 19.7 Å². The molecule has 0 spiro atoms. The van der Waals surface area contributed by atoms with E-state index in [0.29, 0.717) is 13.0 Å². The van der Waals surface area contributed by atoms with Crippen molar-refractivity contribution in [1.82, 2.24) is 4.90 Å². The SMILES string of the molecule is O=CN1Cc2ccc(CCO)cc2C1. The number of fused-ring (bicyclic) bond motifs is 1. The van der Waals surface area contributed by atoms with Crippen molar-refractivity contribution in [2.24, 2.45) is 0 Å². The van der Waals surface area contributed by atoms with E-state index in [4.69, 9.17) is 5.11 Å². The maximum atomic E-state index is 10.6. The number of aliphatic hydroxyl groups excluding tert-OH is 1. The summed E-state index contributed by atoms with van der Waals surface area (Å²) in [5.74, 6) is 0. The summed E-state index contributed by atoms with van der Waals surface area (Å²) in [6, 6.07) is 6.14. The Hall–Kier alpha value is -1.35. The van der Waals surface area contributed by atoms with Crippen molar-refractivity contribution in [2.45, 2.75) is 19.5 Å². The molecule has 1 aliphatic rings. The molecule has 0 saturated carbocycles. The minimum Gasteiger partial charge on any atom is -0.396 e. The molecule has 0 saturated heterocycles. The van der Waals surface area contributed by atoms with E-state index in [1.165, 1.54) is 11.1 Å². The number of amides is 1. The molecular weight excluding hydrogens is 178 g/mol. The lowest BCUT2D eigenvalue weighted by atomic mass is 10.0. The minimum atomic E-state index is 0.177. The molecular formula is C11H13NO2. The summed E-state index contributed by atoms with van der Waals surface area (Å²) in [6.07, 6.45) is 1.57. The molecule has 3 nitrogen and oxygen atoms in total. The molecule has 1 heterocycles. The van der Waals surface area contributed by atoms with Gasteiger partial charge in [-0.2, -0.15) is 0 Å². The average Bonchev–Trinajstić information content (AvgIpc) is 2.60. The van der Waals surface area contributed by atoms with Gasteiger partial charge in [0.1, 0.15) is 0 Å². The van der Waals surface area contributed by atoms with Crippen molar-refractivity contribution in [2.75, 3.05) is 6.61 Å². The normalized spacial score (nSPS) is 14.2. The highest BCUT2D eigenvalue weighted by molar-refractivity contribution is 5.51. The molecule has 0 aromatic heterocycles. The van der Waals surface area contributed by atoms with E-state index in [0.717, 1.165) is 18.5 Å². The number of nitrogens with zero attached hydrogens (tertiary/aromatic N) is 1. The van der Waals surface area contributed by atoms with Crippen molar-refractivity contribution >= 4 is 6.41 Å². The van der Waals surface area contributed by atoms with Gasteiger partial charge in [-0.3, -0.25) is 4.79 Å². The number of carbonyl (C=O) groups excluding carboxylic acids is 1. The lowest BCUT2D eigenvalue weighted by Crippen LogP contribution is -2.12. The van der Waals surface area contributed by atoms with Gasteiger partial charge in [0.15, 0.2) is 0 Å². The molecule has 14 heavy (non-hydrogen) atoms. The topological polar surface area (TPSA) is 40.5 Å². The van der Waals surface area contributed by atoms with Crippen molar-refractivity contribution in [3.8, 4) is 0 Å². The predicted octanol–water partition coefficient (Wildman–Crippen LogP) is 0.693. The summed E-state index contributed by atoms with van der Waals surface area (Å²) in [6.45, 7) is 1.60. The number of hydrogen-bond acceptors (Lipinski definition) is 2. The molecule has 0 bridgehead atoms. The lowest BCUT2D eigenvalue weighted by molar-refractivity contribution is -0.118. The molecule has 1 aromatic carbocycles. The third kappa shape index (κ3) is 1.63. The molecule has 1 aliphatic heterocycles. The second-order valence-corrected chi connectivity index (χ2v) is 3.59. The van der Waals surface area contributed by atoms with E-state index in [1.54, 1.807) is 4.90 Å². The first-order valence-electron chi connectivity index (χ1n) is 4.74. The predicted molar refractivity (Wildman–Crippen MR) is 52.5 cm³/mol. The van der Waals surface area contributed by atoms with Gasteiger partial charge in [0.05, 0.1) is 0 Å². The third-order valence-electron chi connectivity index (χ3n) is 2.57. The molecule has 1 N–H and O–H groups in total. The lowest BCUT2D eigenvalue weighted by Gasteiger charge is -2.04. The quantitative estimate of drug-likeness (QED) is 0.714. The van der Waals surface area contributed by atoms with Crippen LogP contribution in [0.3, 0.4) is 0 Å². The molecule has 1 amide bonds. The van der Waals surface area contributed by atoms with Crippen LogP contribution in [0.25, 0.3) is 0 Å². The van der Waals surface area contributed by atoms with Gasteiger partial charge in [-0.15, -0.1) is 0 Å². The van der Waals surface area contributed by atoms with E-state index in [9.17, 15) is 4.79 Å². The van der Waals surface area contributed by atoms with Crippen LogP contribution in [0.1, 0.15) is 16.7 Å². The van der Waals surface area contributed by atoms with Crippen LogP contribution in [-0.4, -0.2) is 23.0 Å². The summed E-state index contributed by atoms with van der Waals surface area (Å²) in [5.41, 5.74) is 3.57. The van der Waals surface area contributed by atoms with E-state index >= 15 is 0 Å². The molecule has 0 radical (unpaired) electrons. The summed E-state index contributed by atoms with van der Waals surface area (Å²) in [4.78, 5) is 12.3. The Kier molecular flexibility index (Phi) is 2.50. The largest absolute Gasteiger partial charge is 0.396 e. The maximum Gasteiger partial charge on any atom is 0.210 e. The monoisotopic (exact) mass is 191 g/mol. The van der Waals surface area contributed by atoms with Crippen molar-refractivity contribution in [3.05, 3.63) is 34.9 Å². The Labute approximate surface area is 83.0 Å². The smallest absolute Gasteiger partial charge is 0.210 e. The van der Waals surface area contributed by atoms with Gasteiger partial charge in [-0.1, -0.05) is 18.2 Å². The van der Waals surface area contributed by atoms with Crippen LogP contribution < -0.4 is 0 Å². The Morgan fingerprint density at radius 3 is 2.86 bits per heavy atom. The van der Waals surface area contributed by atoms with Gasteiger partial charge in [-0.05, 0) is 23.1 Å². The Bertz CT molecular complexity index is 349. The fourth-order valence-corrected chi connectivity index (χ4v) is 1.83. The summed E-state index contributed by atoms with van der Waals surface area (Å²) in [5, 5.41) is 8.80. The van der Waals surface area contributed by atoms with Gasteiger partial charge in [0.2, 0.25) is 6.41 Å². The van der Waals surface area contributed by atoms with Crippen LogP contribution >= 0.6 is 0 Å². The van der Waals surface area contributed by atoms with E-state index in [1.807, 2.05) is 12.1 Å². The van der Waals surface area contributed by atoms with Crippen molar-refractivity contribution in [1.29, 1.82) is 0 Å². The van der Waals surface area contributed by atoms with Gasteiger partial charge in [-0.25, -0.2) is 0 Å². The zero-order chi connectivity index (χ0) is 9.97. The van der Waals surface area contributed by atoms with Crippen LogP contribution in [0, 0.1) is 0 Å². The van der Waals surface area contributed by atoms with Gasteiger partial charge in [0.25, 0.3) is 0 Å². The van der Waals surface area contributed by atoms with Crippen molar-refractivity contribution < 1.29 is 9.90 Å². The highest BCUT2D eigenvalue weighted by atomic mass is 16.2. The molecule has 3 heteroatoms. The molecule has 1 aromatic rings. The molecule has 0 atom stereocenters. The minimum absolute atomic E-state index is 0.177. The van der Waals surface area contributed by atoms with Crippen LogP contribution in [0.5, 0.6) is 0 Å². The summed E-state index contributed by atoms with van der Waals surface area (Å²) in [7, 11) is 0. The van der Waals surface area contributed by atoms with Crippen LogP contribution in [0.4, 0.5) is 0 Å². The fourth-order valence-electron chi connectivity index (χ4n) is 1.83. The van der Waals surface area contributed by atoms with Crippen molar-refractivity contribution in [3.63, 3.8) is 0 Å². The Balaban J connectivity index is 2.21. The Morgan fingerprint density at radius 2 is 2.14 bits per heavy atom. The molecule has 2 rings (SSSR count). The summed E-state index contributed by atoms with van der Waals surface area (Å²) >= 11 is 0. The number of carbonyl (C=O) groups is 1. The van der Waals surface area contributed by atoms with Crippen LogP contribution in [0.2, 0.25) is 0 Å². The fraction of sp³-hybridized carbons (Fsp3) is 0.364. The average molecular weight is 191 g/mol. The number of benzene rings is 1. The van der Waals surface area contributed by atoms with E-state index < -0.39 is 0 Å². The van der Waals surface area contributed by atoms with Crippen LogP contribution in [-0.2, 0) is 24.3 Å². The molecule has 74 valence electrons. The first kappa shape index (κ1) is 9.21. The van der Waals surface area contributed by atoms with E-state index in [2.05, 4.69) is 6.07 Å². The van der Waals surface area contributed by atoms with Gasteiger partial charge < -0.3 is 10.0 Å². The standard InChI is InChI=1S/C11H13NO2/c13-4-3-9-1-2-10-6-12(8-14)7-11(10)5-9/h1-2,5,8,13H,3-4,6-7H2. The molecule has 0 aliphatic carbocycles. The highest BCUT2D eigenvalue weighted by Gasteiger charge is 2.16. The molecule has 0 fully saturated rings. The number of rotatable bonds is 3. The second kappa shape index (κ2) is 3.80. The first-order chi connectivity index (χ1) is 6.83. The van der Waals surface area contributed by atoms with E-state index in [-0.39, 0.29) is 6.61 Å². The number of hydrogen-bond donors (Lipinski definition) is 1. The summed E-state index contributed by atoms with van der Waals surface area (Å²) < 4.78 is 0.